The summed E-state index contributed by atoms with van der Waals surface area (Å²) in [6.45, 7) is 10.1. The molecule has 3 aromatic carbocycles. The molecule has 1 nitrogen and oxygen atoms in total. The summed E-state index contributed by atoms with van der Waals surface area (Å²) in [4.78, 5) is 2.26. The first kappa shape index (κ1) is 21.6. The van der Waals surface area contributed by atoms with E-state index in [4.69, 9.17) is 0 Å². The Hall–Kier alpha value is -3.58. The molecule has 0 bridgehead atoms. The molecule has 0 radical (unpaired) electrons. The van der Waals surface area contributed by atoms with Gasteiger partial charge < -0.3 is 4.90 Å². The van der Waals surface area contributed by atoms with Gasteiger partial charge in [0, 0.05) is 17.1 Å². The summed E-state index contributed by atoms with van der Waals surface area (Å²) in [5, 5.41) is 0. The van der Waals surface area contributed by atoms with Crippen LogP contribution < -0.4 is 4.90 Å². The molecule has 1 heteroatoms. The van der Waals surface area contributed by atoms with Crippen LogP contribution >= 0.6 is 0 Å². The molecule has 0 spiro atoms. The highest BCUT2D eigenvalue weighted by atomic mass is 15.1. The third-order valence-corrected chi connectivity index (χ3v) is 6.04. The summed E-state index contributed by atoms with van der Waals surface area (Å²) in [7, 11) is 0. The van der Waals surface area contributed by atoms with E-state index in [1.165, 1.54) is 52.8 Å². The average Bonchev–Trinajstić information content (AvgIpc) is 2.84. The molecular formula is C31H31N. The van der Waals surface area contributed by atoms with Crippen molar-refractivity contribution in [3.05, 3.63) is 132 Å². The van der Waals surface area contributed by atoms with Gasteiger partial charge in [-0.2, -0.15) is 0 Å². The van der Waals surface area contributed by atoms with Gasteiger partial charge in [0.2, 0.25) is 0 Å². The van der Waals surface area contributed by atoms with Gasteiger partial charge in [-0.1, -0.05) is 79.4 Å². The summed E-state index contributed by atoms with van der Waals surface area (Å²) >= 11 is 0. The Morgan fingerprint density at radius 3 is 1.97 bits per heavy atom. The zero-order valence-corrected chi connectivity index (χ0v) is 18.9. The van der Waals surface area contributed by atoms with E-state index in [2.05, 4.69) is 104 Å². The van der Waals surface area contributed by atoms with Crippen molar-refractivity contribution in [2.45, 2.75) is 32.6 Å². The van der Waals surface area contributed by atoms with Crippen LogP contribution in [0.1, 0.15) is 40.7 Å². The molecular weight excluding hydrogens is 386 g/mol. The van der Waals surface area contributed by atoms with Gasteiger partial charge in [-0.05, 0) is 91.3 Å². The molecule has 0 atom stereocenters. The third kappa shape index (κ3) is 5.00. The Kier molecular flexibility index (Phi) is 6.87. The predicted octanol–water partition coefficient (Wildman–Crippen LogP) is 8.44. The Balaban J connectivity index is 1.65. The molecule has 0 N–H and O–H groups in total. The normalized spacial score (nSPS) is 13.6. The molecule has 0 heterocycles. The van der Waals surface area contributed by atoms with E-state index in [1.807, 2.05) is 18.2 Å². The SMILES string of the molecule is C=C/C=C(\C=C)N(c1ccc(C=Cc2ccc(C)cc2)cc1)c1ccc2c(c1)CCCC2. The third-order valence-electron chi connectivity index (χ3n) is 6.04. The van der Waals surface area contributed by atoms with Crippen molar-refractivity contribution in [2.24, 2.45) is 0 Å². The fourth-order valence-corrected chi connectivity index (χ4v) is 4.27. The van der Waals surface area contributed by atoms with E-state index >= 15 is 0 Å². The fraction of sp³-hybridized carbons (Fsp3) is 0.161. The van der Waals surface area contributed by atoms with Crippen LogP contribution in [0.3, 0.4) is 0 Å². The van der Waals surface area contributed by atoms with E-state index < -0.39 is 0 Å². The Labute approximate surface area is 192 Å². The van der Waals surface area contributed by atoms with Gasteiger partial charge in [0.1, 0.15) is 0 Å². The van der Waals surface area contributed by atoms with Crippen molar-refractivity contribution >= 4 is 23.5 Å². The first-order chi connectivity index (χ1) is 15.7. The highest BCUT2D eigenvalue weighted by Gasteiger charge is 2.16. The molecule has 1 aliphatic rings. The van der Waals surface area contributed by atoms with Crippen LogP contribution in [-0.4, -0.2) is 0 Å². The Bertz CT molecular complexity index is 1140. The Morgan fingerprint density at radius 2 is 1.34 bits per heavy atom. The van der Waals surface area contributed by atoms with Gasteiger partial charge in [0.05, 0.1) is 0 Å². The number of rotatable bonds is 7. The number of benzene rings is 3. The lowest BCUT2D eigenvalue weighted by molar-refractivity contribution is 0.685. The predicted molar refractivity (Wildman–Crippen MR) is 140 cm³/mol. The van der Waals surface area contributed by atoms with Crippen LogP contribution in [-0.2, 0) is 12.8 Å². The van der Waals surface area contributed by atoms with E-state index in [9.17, 15) is 0 Å². The highest BCUT2D eigenvalue weighted by Crippen LogP contribution is 2.34. The number of aryl methyl sites for hydroxylation is 3. The second kappa shape index (κ2) is 10.2. The average molecular weight is 418 g/mol. The number of hydrogen-bond donors (Lipinski definition) is 0. The standard InChI is InChI=1S/C31H31N/c1-4-8-29(5-2)32(31-22-19-27-9-6-7-10-28(27)23-31)30-20-17-26(18-21-30)16-15-25-13-11-24(3)12-14-25/h4-5,8,11-23H,1-2,6-7,9-10H2,3H3/b16-15?,29-8+. The van der Waals surface area contributed by atoms with Gasteiger partial charge in [0.25, 0.3) is 0 Å². The summed E-state index contributed by atoms with van der Waals surface area (Å²) in [6.07, 6.45) is 15.0. The van der Waals surface area contributed by atoms with Crippen molar-refractivity contribution in [1.29, 1.82) is 0 Å². The first-order valence-corrected chi connectivity index (χ1v) is 11.4. The topological polar surface area (TPSA) is 3.24 Å². The molecule has 0 aromatic heterocycles. The highest BCUT2D eigenvalue weighted by molar-refractivity contribution is 5.74. The summed E-state index contributed by atoms with van der Waals surface area (Å²) in [5.74, 6) is 0. The quantitative estimate of drug-likeness (QED) is 0.275. The van der Waals surface area contributed by atoms with E-state index in [1.54, 1.807) is 0 Å². The number of fused-ring (bicyclic) bond motifs is 1. The molecule has 0 saturated carbocycles. The second-order valence-corrected chi connectivity index (χ2v) is 8.36. The molecule has 0 amide bonds. The number of anilines is 2. The van der Waals surface area contributed by atoms with E-state index in [0.717, 1.165) is 17.8 Å². The smallest absolute Gasteiger partial charge is 0.0464 e. The summed E-state index contributed by atoms with van der Waals surface area (Å²) < 4.78 is 0. The zero-order chi connectivity index (χ0) is 22.3. The number of nitrogens with zero attached hydrogens (tertiary/aromatic N) is 1. The first-order valence-electron chi connectivity index (χ1n) is 11.4. The van der Waals surface area contributed by atoms with Crippen LogP contribution in [0.15, 0.2) is 104 Å². The van der Waals surface area contributed by atoms with Crippen molar-refractivity contribution in [3.8, 4) is 0 Å². The lowest BCUT2D eigenvalue weighted by atomic mass is 9.91. The molecule has 0 fully saturated rings. The molecule has 160 valence electrons. The van der Waals surface area contributed by atoms with Crippen LogP contribution in [0.2, 0.25) is 0 Å². The molecule has 3 aromatic rings. The minimum atomic E-state index is 1.01. The molecule has 4 rings (SSSR count). The zero-order valence-electron chi connectivity index (χ0n) is 18.9. The van der Waals surface area contributed by atoms with E-state index in [0.29, 0.717) is 0 Å². The molecule has 0 saturated heterocycles. The number of allylic oxidation sites excluding steroid dienone is 3. The summed E-state index contributed by atoms with van der Waals surface area (Å²) in [5.41, 5.74) is 9.91. The van der Waals surface area contributed by atoms with Crippen molar-refractivity contribution < 1.29 is 0 Å². The largest absolute Gasteiger partial charge is 0.311 e. The van der Waals surface area contributed by atoms with Crippen LogP contribution in [0.4, 0.5) is 11.4 Å². The van der Waals surface area contributed by atoms with Crippen molar-refractivity contribution in [1.82, 2.24) is 0 Å². The van der Waals surface area contributed by atoms with Gasteiger partial charge in [-0.25, -0.2) is 0 Å². The van der Waals surface area contributed by atoms with Crippen LogP contribution in [0.5, 0.6) is 0 Å². The van der Waals surface area contributed by atoms with Gasteiger partial charge in [-0.15, -0.1) is 0 Å². The van der Waals surface area contributed by atoms with Crippen LogP contribution in [0.25, 0.3) is 12.2 Å². The number of hydrogen-bond acceptors (Lipinski definition) is 1. The van der Waals surface area contributed by atoms with Gasteiger partial charge >= 0.3 is 0 Å². The lowest BCUT2D eigenvalue weighted by Crippen LogP contribution is -2.16. The van der Waals surface area contributed by atoms with Crippen molar-refractivity contribution in [2.75, 3.05) is 4.90 Å². The van der Waals surface area contributed by atoms with Crippen molar-refractivity contribution in [3.63, 3.8) is 0 Å². The molecule has 0 aliphatic heterocycles. The maximum absolute atomic E-state index is 4.06. The maximum atomic E-state index is 4.06. The molecule has 32 heavy (non-hydrogen) atoms. The van der Waals surface area contributed by atoms with Gasteiger partial charge in [-0.3, -0.25) is 0 Å². The molecule has 0 unspecified atom stereocenters. The van der Waals surface area contributed by atoms with Gasteiger partial charge in [0.15, 0.2) is 0 Å². The fourth-order valence-electron chi connectivity index (χ4n) is 4.27. The lowest BCUT2D eigenvalue weighted by Gasteiger charge is -2.28. The van der Waals surface area contributed by atoms with Crippen LogP contribution in [0, 0.1) is 6.92 Å². The maximum Gasteiger partial charge on any atom is 0.0464 e. The van der Waals surface area contributed by atoms with E-state index in [-0.39, 0.29) is 0 Å². The monoisotopic (exact) mass is 417 g/mol. The summed E-state index contributed by atoms with van der Waals surface area (Å²) in [6, 6.07) is 24.1. The minimum absolute atomic E-state index is 1.01. The minimum Gasteiger partial charge on any atom is -0.311 e. The second-order valence-electron chi connectivity index (χ2n) is 8.36. The Morgan fingerprint density at radius 1 is 0.750 bits per heavy atom. The molecule has 1 aliphatic carbocycles.